The highest BCUT2D eigenvalue weighted by Crippen LogP contribution is 2.17. The van der Waals surface area contributed by atoms with Gasteiger partial charge in [-0.1, -0.05) is 20.3 Å². The van der Waals surface area contributed by atoms with Crippen LogP contribution >= 0.6 is 0 Å². The Kier molecular flexibility index (Phi) is 2.90. The largest absolute Gasteiger partial charge is 0.385 e. The lowest BCUT2D eigenvalue weighted by Gasteiger charge is -2.11. The Morgan fingerprint density at radius 1 is 1.47 bits per heavy atom. The van der Waals surface area contributed by atoms with Gasteiger partial charge in [-0.25, -0.2) is 0 Å². The third-order valence-electron chi connectivity index (χ3n) is 2.79. The predicted molar refractivity (Wildman–Crippen MR) is 64.0 cm³/mol. The third-order valence-corrected chi connectivity index (χ3v) is 2.79. The van der Waals surface area contributed by atoms with E-state index in [1.54, 1.807) is 0 Å². The summed E-state index contributed by atoms with van der Waals surface area (Å²) in [4.78, 5) is 0. The number of aromatic amines is 1. The molecule has 0 bridgehead atoms. The number of hydrogen-bond acceptors (Lipinski definition) is 2. The van der Waals surface area contributed by atoms with Crippen molar-refractivity contribution in [3.8, 4) is 0 Å². The molecule has 2 rings (SSSR count). The molecule has 1 aromatic heterocycles. The molecule has 1 atom stereocenters. The highest BCUT2D eigenvalue weighted by molar-refractivity contribution is 5.81. The molecular formula is C12H17N3. The monoisotopic (exact) mass is 203 g/mol. The van der Waals surface area contributed by atoms with Crippen LogP contribution in [-0.4, -0.2) is 16.7 Å². The van der Waals surface area contributed by atoms with Crippen molar-refractivity contribution in [2.75, 3.05) is 11.9 Å². The number of aromatic nitrogens is 2. The molecule has 0 aliphatic carbocycles. The van der Waals surface area contributed by atoms with Crippen molar-refractivity contribution < 1.29 is 0 Å². The summed E-state index contributed by atoms with van der Waals surface area (Å²) in [5.41, 5.74) is 2.26. The average Bonchev–Trinajstić information content (AvgIpc) is 2.72. The SMILES string of the molecule is CCC(C)CNc1ccc2[nH]ncc2c1. The maximum absolute atomic E-state index is 4.00. The molecule has 15 heavy (non-hydrogen) atoms. The van der Waals surface area contributed by atoms with Gasteiger partial charge in [-0.05, 0) is 24.1 Å². The molecule has 3 heteroatoms. The molecule has 2 aromatic rings. The van der Waals surface area contributed by atoms with Gasteiger partial charge in [-0.2, -0.15) is 5.10 Å². The lowest BCUT2D eigenvalue weighted by molar-refractivity contribution is 0.593. The second-order valence-corrected chi connectivity index (χ2v) is 4.07. The molecule has 1 unspecified atom stereocenters. The zero-order chi connectivity index (χ0) is 10.7. The number of fused-ring (bicyclic) bond motifs is 1. The number of benzene rings is 1. The minimum absolute atomic E-state index is 0.713. The van der Waals surface area contributed by atoms with Crippen LogP contribution in [0, 0.1) is 5.92 Å². The Balaban J connectivity index is 2.08. The molecule has 0 radical (unpaired) electrons. The van der Waals surface area contributed by atoms with E-state index in [4.69, 9.17) is 0 Å². The van der Waals surface area contributed by atoms with Crippen LogP contribution in [0.3, 0.4) is 0 Å². The first-order valence-corrected chi connectivity index (χ1v) is 5.46. The Bertz CT molecular complexity index is 433. The van der Waals surface area contributed by atoms with Gasteiger partial charge in [0, 0.05) is 17.6 Å². The fourth-order valence-electron chi connectivity index (χ4n) is 1.49. The van der Waals surface area contributed by atoms with Crippen molar-refractivity contribution >= 4 is 16.6 Å². The maximum atomic E-state index is 4.00. The number of hydrogen-bond donors (Lipinski definition) is 2. The van der Waals surface area contributed by atoms with Crippen LogP contribution in [0.25, 0.3) is 10.9 Å². The van der Waals surface area contributed by atoms with Gasteiger partial charge in [0.15, 0.2) is 0 Å². The Labute approximate surface area is 89.9 Å². The summed E-state index contributed by atoms with van der Waals surface area (Å²) in [6.45, 7) is 5.49. The second kappa shape index (κ2) is 4.34. The molecule has 0 amide bonds. The van der Waals surface area contributed by atoms with Gasteiger partial charge < -0.3 is 5.32 Å². The van der Waals surface area contributed by atoms with Gasteiger partial charge in [-0.15, -0.1) is 0 Å². The molecule has 0 saturated carbocycles. The van der Waals surface area contributed by atoms with Gasteiger partial charge in [0.05, 0.1) is 11.7 Å². The van der Waals surface area contributed by atoms with Gasteiger partial charge in [-0.3, -0.25) is 5.10 Å². The van der Waals surface area contributed by atoms with Crippen LogP contribution in [0.1, 0.15) is 20.3 Å². The topological polar surface area (TPSA) is 40.7 Å². The lowest BCUT2D eigenvalue weighted by Crippen LogP contribution is -2.09. The average molecular weight is 203 g/mol. The molecular weight excluding hydrogens is 186 g/mol. The first-order valence-electron chi connectivity index (χ1n) is 5.46. The van der Waals surface area contributed by atoms with E-state index in [1.807, 2.05) is 6.20 Å². The van der Waals surface area contributed by atoms with E-state index >= 15 is 0 Å². The van der Waals surface area contributed by atoms with E-state index in [0.29, 0.717) is 5.92 Å². The van der Waals surface area contributed by atoms with Crippen LogP contribution in [-0.2, 0) is 0 Å². The van der Waals surface area contributed by atoms with Crippen molar-refractivity contribution in [1.29, 1.82) is 0 Å². The summed E-state index contributed by atoms with van der Waals surface area (Å²) < 4.78 is 0. The summed E-state index contributed by atoms with van der Waals surface area (Å²) in [5, 5.41) is 11.5. The summed E-state index contributed by atoms with van der Waals surface area (Å²) in [7, 11) is 0. The Morgan fingerprint density at radius 2 is 2.33 bits per heavy atom. The second-order valence-electron chi connectivity index (χ2n) is 4.07. The molecule has 1 heterocycles. The molecule has 0 spiro atoms. The van der Waals surface area contributed by atoms with Crippen LogP contribution in [0.2, 0.25) is 0 Å². The van der Waals surface area contributed by atoms with Crippen LogP contribution < -0.4 is 5.32 Å². The zero-order valence-electron chi connectivity index (χ0n) is 9.25. The molecule has 1 aromatic carbocycles. The van der Waals surface area contributed by atoms with Gasteiger partial charge in [0.25, 0.3) is 0 Å². The number of nitrogens with one attached hydrogen (secondary N) is 2. The fourth-order valence-corrected chi connectivity index (χ4v) is 1.49. The van der Waals surface area contributed by atoms with E-state index in [9.17, 15) is 0 Å². The van der Waals surface area contributed by atoms with Crippen LogP contribution in [0.4, 0.5) is 5.69 Å². The normalized spacial score (nSPS) is 12.9. The quantitative estimate of drug-likeness (QED) is 0.802. The standard InChI is InChI=1S/C12H17N3/c1-3-9(2)7-13-11-4-5-12-10(6-11)8-14-15-12/h4-6,8-9,13H,3,7H2,1-2H3,(H,14,15). The summed E-state index contributed by atoms with van der Waals surface area (Å²) in [6.07, 6.45) is 3.06. The van der Waals surface area contributed by atoms with E-state index in [1.165, 1.54) is 12.1 Å². The van der Waals surface area contributed by atoms with Crippen LogP contribution in [0.15, 0.2) is 24.4 Å². The van der Waals surface area contributed by atoms with Crippen molar-refractivity contribution in [3.63, 3.8) is 0 Å². The van der Waals surface area contributed by atoms with E-state index in [2.05, 4.69) is 47.6 Å². The first-order chi connectivity index (χ1) is 7.29. The van der Waals surface area contributed by atoms with Crippen molar-refractivity contribution in [3.05, 3.63) is 24.4 Å². The summed E-state index contributed by atoms with van der Waals surface area (Å²) >= 11 is 0. The Hall–Kier alpha value is -1.51. The summed E-state index contributed by atoms with van der Waals surface area (Å²) in [6, 6.07) is 6.27. The van der Waals surface area contributed by atoms with Crippen molar-refractivity contribution in [2.45, 2.75) is 20.3 Å². The van der Waals surface area contributed by atoms with E-state index in [0.717, 1.165) is 17.4 Å². The number of rotatable bonds is 4. The van der Waals surface area contributed by atoms with E-state index < -0.39 is 0 Å². The van der Waals surface area contributed by atoms with Crippen LogP contribution in [0.5, 0.6) is 0 Å². The van der Waals surface area contributed by atoms with Crippen molar-refractivity contribution in [1.82, 2.24) is 10.2 Å². The molecule has 2 N–H and O–H groups in total. The van der Waals surface area contributed by atoms with E-state index in [-0.39, 0.29) is 0 Å². The molecule has 3 nitrogen and oxygen atoms in total. The Morgan fingerprint density at radius 3 is 3.13 bits per heavy atom. The predicted octanol–water partition coefficient (Wildman–Crippen LogP) is 3.02. The first kappa shape index (κ1) is 10.0. The zero-order valence-corrected chi connectivity index (χ0v) is 9.25. The third kappa shape index (κ3) is 2.29. The molecule has 0 aliphatic rings. The molecule has 80 valence electrons. The highest BCUT2D eigenvalue weighted by Gasteiger charge is 2.00. The highest BCUT2D eigenvalue weighted by atomic mass is 15.1. The van der Waals surface area contributed by atoms with Gasteiger partial charge in [0.2, 0.25) is 0 Å². The number of nitrogens with zero attached hydrogens (tertiary/aromatic N) is 1. The number of anilines is 1. The summed E-state index contributed by atoms with van der Waals surface area (Å²) in [5.74, 6) is 0.713. The molecule has 0 saturated heterocycles. The smallest absolute Gasteiger partial charge is 0.0651 e. The molecule has 0 fully saturated rings. The van der Waals surface area contributed by atoms with Gasteiger partial charge >= 0.3 is 0 Å². The number of H-pyrrole nitrogens is 1. The minimum atomic E-state index is 0.713. The minimum Gasteiger partial charge on any atom is -0.385 e. The fraction of sp³-hybridized carbons (Fsp3) is 0.417. The lowest BCUT2D eigenvalue weighted by atomic mass is 10.1. The maximum Gasteiger partial charge on any atom is 0.0651 e. The van der Waals surface area contributed by atoms with Crippen molar-refractivity contribution in [2.24, 2.45) is 5.92 Å². The van der Waals surface area contributed by atoms with Gasteiger partial charge in [0.1, 0.15) is 0 Å². The molecule has 0 aliphatic heterocycles.